The third-order valence-corrected chi connectivity index (χ3v) is 2.46. The summed E-state index contributed by atoms with van der Waals surface area (Å²) in [5, 5.41) is 1.54. The smallest absolute Gasteiger partial charge is 0.253 e. The van der Waals surface area contributed by atoms with Crippen LogP contribution < -0.4 is 16.2 Å². The van der Waals surface area contributed by atoms with E-state index in [1.54, 1.807) is 7.05 Å². The van der Waals surface area contributed by atoms with Gasteiger partial charge < -0.3 is 5.73 Å². The lowest BCUT2D eigenvalue weighted by molar-refractivity contribution is -0.121. The Morgan fingerprint density at radius 3 is 2.47 bits per heavy atom. The number of hydrogen-bond donors (Lipinski definition) is 2. The first-order valence-corrected chi connectivity index (χ1v) is 5.62. The zero-order chi connectivity index (χ0) is 13.5. The summed E-state index contributed by atoms with van der Waals surface area (Å²) in [4.78, 5) is 11.5. The summed E-state index contributed by atoms with van der Waals surface area (Å²) in [7, 11) is 1.68. The summed E-state index contributed by atoms with van der Waals surface area (Å²) in [6.07, 6.45) is -2.65. The lowest BCUT2D eigenvalue weighted by Gasteiger charge is -2.20. The standard InChI is InChI=1S/C12H17F2N3O.ClH/c1-17(9-5-3-2-4-6-9)16-11(18)8-7-10(15)12(13)14;/h2-6,10,12H,7-8,15H2,1H3,(H,16,18);1H/t10-;/m0./s1. The Balaban J connectivity index is 0.00000324. The normalized spacial score (nSPS) is 11.6. The highest BCUT2D eigenvalue weighted by Crippen LogP contribution is 2.09. The monoisotopic (exact) mass is 293 g/mol. The SMILES string of the molecule is CN(NC(=O)CC[C@H](N)C(F)F)c1ccccc1.Cl. The van der Waals surface area contributed by atoms with Gasteiger partial charge in [0.05, 0.1) is 11.7 Å². The van der Waals surface area contributed by atoms with Crippen LogP contribution in [0.2, 0.25) is 0 Å². The van der Waals surface area contributed by atoms with Crippen LogP contribution >= 0.6 is 12.4 Å². The van der Waals surface area contributed by atoms with Gasteiger partial charge in [0.2, 0.25) is 5.91 Å². The molecule has 3 N–H and O–H groups in total. The molecule has 19 heavy (non-hydrogen) atoms. The largest absolute Gasteiger partial charge is 0.323 e. The molecule has 0 aliphatic rings. The first-order valence-electron chi connectivity index (χ1n) is 5.62. The molecule has 1 atom stereocenters. The van der Waals surface area contributed by atoms with Crippen LogP contribution in [0.25, 0.3) is 0 Å². The number of nitrogens with one attached hydrogen (secondary N) is 1. The van der Waals surface area contributed by atoms with E-state index < -0.39 is 12.5 Å². The summed E-state index contributed by atoms with van der Waals surface area (Å²) in [5.74, 6) is -0.336. The first-order chi connectivity index (χ1) is 8.50. The highest BCUT2D eigenvalue weighted by atomic mass is 35.5. The number of anilines is 1. The zero-order valence-electron chi connectivity index (χ0n) is 10.6. The number of para-hydroxylation sites is 1. The van der Waals surface area contributed by atoms with E-state index in [0.29, 0.717) is 0 Å². The molecular weight excluding hydrogens is 276 g/mol. The van der Waals surface area contributed by atoms with Crippen LogP contribution in [-0.4, -0.2) is 25.4 Å². The molecule has 0 aliphatic heterocycles. The van der Waals surface area contributed by atoms with E-state index in [0.717, 1.165) is 5.69 Å². The number of hydrazine groups is 1. The minimum atomic E-state index is -2.59. The van der Waals surface area contributed by atoms with Crippen LogP contribution in [0.1, 0.15) is 12.8 Å². The number of amides is 1. The van der Waals surface area contributed by atoms with Gasteiger partial charge in [0.15, 0.2) is 0 Å². The Bertz CT molecular complexity index is 378. The molecule has 1 aromatic rings. The van der Waals surface area contributed by atoms with Crippen LogP contribution in [0.4, 0.5) is 14.5 Å². The lowest BCUT2D eigenvalue weighted by Crippen LogP contribution is -2.40. The molecule has 0 radical (unpaired) electrons. The Kier molecular flexibility index (Phi) is 8.02. The predicted molar refractivity (Wildman–Crippen MR) is 73.4 cm³/mol. The number of carbonyl (C=O) groups is 1. The van der Waals surface area contributed by atoms with Crippen molar-refractivity contribution in [1.29, 1.82) is 0 Å². The number of rotatable bonds is 6. The second-order valence-corrected chi connectivity index (χ2v) is 3.97. The van der Waals surface area contributed by atoms with Gasteiger partial charge in [-0.15, -0.1) is 12.4 Å². The second kappa shape index (κ2) is 8.66. The number of nitrogens with zero attached hydrogens (tertiary/aromatic N) is 1. The Morgan fingerprint density at radius 2 is 1.95 bits per heavy atom. The molecule has 0 aromatic heterocycles. The summed E-state index contributed by atoms with van der Waals surface area (Å²) >= 11 is 0. The van der Waals surface area contributed by atoms with Crippen LogP contribution in [-0.2, 0) is 4.79 Å². The van der Waals surface area contributed by atoms with Gasteiger partial charge in [-0.25, -0.2) is 8.78 Å². The van der Waals surface area contributed by atoms with E-state index in [4.69, 9.17) is 5.73 Å². The third-order valence-electron chi connectivity index (χ3n) is 2.46. The number of hydrogen-bond acceptors (Lipinski definition) is 3. The summed E-state index contributed by atoms with van der Waals surface area (Å²) in [6.45, 7) is 0. The average Bonchev–Trinajstić information content (AvgIpc) is 2.36. The molecule has 0 saturated carbocycles. The highest BCUT2D eigenvalue weighted by molar-refractivity contribution is 5.85. The number of carbonyl (C=O) groups excluding carboxylic acids is 1. The van der Waals surface area contributed by atoms with E-state index >= 15 is 0 Å². The summed E-state index contributed by atoms with van der Waals surface area (Å²) in [6, 6.07) is 7.94. The molecule has 4 nitrogen and oxygen atoms in total. The lowest BCUT2D eigenvalue weighted by atomic mass is 10.2. The topological polar surface area (TPSA) is 58.4 Å². The Labute approximate surface area is 117 Å². The molecule has 1 rings (SSSR count). The van der Waals surface area contributed by atoms with Crippen LogP contribution in [0.15, 0.2) is 30.3 Å². The molecular formula is C12H18ClF2N3O. The molecule has 1 amide bonds. The van der Waals surface area contributed by atoms with Gasteiger partial charge in [-0.05, 0) is 18.6 Å². The minimum absolute atomic E-state index is 0. The van der Waals surface area contributed by atoms with E-state index in [-0.39, 0.29) is 31.2 Å². The average molecular weight is 294 g/mol. The van der Waals surface area contributed by atoms with Crippen molar-refractivity contribution < 1.29 is 13.6 Å². The molecule has 108 valence electrons. The van der Waals surface area contributed by atoms with Gasteiger partial charge in [0.1, 0.15) is 0 Å². The third kappa shape index (κ3) is 6.35. The molecule has 0 heterocycles. The molecule has 0 fully saturated rings. The van der Waals surface area contributed by atoms with Gasteiger partial charge in [-0.1, -0.05) is 18.2 Å². The van der Waals surface area contributed by atoms with Crippen molar-refractivity contribution in [3.8, 4) is 0 Å². The molecule has 1 aromatic carbocycles. The maximum atomic E-state index is 12.1. The van der Waals surface area contributed by atoms with Gasteiger partial charge in [-0.2, -0.15) is 0 Å². The van der Waals surface area contributed by atoms with Crippen LogP contribution in [0.5, 0.6) is 0 Å². The number of nitrogens with two attached hydrogens (primary N) is 1. The summed E-state index contributed by atoms with van der Waals surface area (Å²) < 4.78 is 24.3. The quantitative estimate of drug-likeness (QED) is 0.788. The van der Waals surface area contributed by atoms with Gasteiger partial charge in [0.25, 0.3) is 6.43 Å². The molecule has 0 aliphatic carbocycles. The van der Waals surface area contributed by atoms with Gasteiger partial charge in [0, 0.05) is 13.5 Å². The Hall–Kier alpha value is -1.40. The van der Waals surface area contributed by atoms with Crippen molar-refractivity contribution in [1.82, 2.24) is 5.43 Å². The fourth-order valence-corrected chi connectivity index (χ4v) is 1.38. The minimum Gasteiger partial charge on any atom is -0.323 e. The van der Waals surface area contributed by atoms with Crippen molar-refractivity contribution in [3.63, 3.8) is 0 Å². The van der Waals surface area contributed by atoms with Crippen molar-refractivity contribution in [2.24, 2.45) is 5.73 Å². The van der Waals surface area contributed by atoms with Crippen LogP contribution in [0, 0.1) is 0 Å². The second-order valence-electron chi connectivity index (χ2n) is 3.97. The van der Waals surface area contributed by atoms with E-state index in [1.165, 1.54) is 5.01 Å². The van der Waals surface area contributed by atoms with Gasteiger partial charge in [-0.3, -0.25) is 15.2 Å². The van der Waals surface area contributed by atoms with Crippen molar-refractivity contribution in [2.75, 3.05) is 12.1 Å². The molecule has 0 spiro atoms. The molecule has 0 unspecified atom stereocenters. The van der Waals surface area contributed by atoms with E-state index in [9.17, 15) is 13.6 Å². The number of benzene rings is 1. The highest BCUT2D eigenvalue weighted by Gasteiger charge is 2.16. The molecule has 0 bridgehead atoms. The maximum absolute atomic E-state index is 12.1. The molecule has 7 heteroatoms. The number of alkyl halides is 2. The maximum Gasteiger partial charge on any atom is 0.253 e. The van der Waals surface area contributed by atoms with Crippen molar-refractivity contribution in [2.45, 2.75) is 25.3 Å². The fourth-order valence-electron chi connectivity index (χ4n) is 1.38. The van der Waals surface area contributed by atoms with Gasteiger partial charge >= 0.3 is 0 Å². The van der Waals surface area contributed by atoms with E-state index in [1.807, 2.05) is 30.3 Å². The molecule has 0 saturated heterocycles. The van der Waals surface area contributed by atoms with Crippen LogP contribution in [0.3, 0.4) is 0 Å². The summed E-state index contributed by atoms with van der Waals surface area (Å²) in [5.41, 5.74) is 8.56. The van der Waals surface area contributed by atoms with Crippen molar-refractivity contribution >= 4 is 24.0 Å². The number of halogens is 3. The predicted octanol–water partition coefficient (Wildman–Crippen LogP) is 1.95. The van der Waals surface area contributed by atoms with Crippen molar-refractivity contribution in [3.05, 3.63) is 30.3 Å². The fraction of sp³-hybridized carbons (Fsp3) is 0.417. The Morgan fingerprint density at radius 1 is 1.37 bits per heavy atom. The first kappa shape index (κ1) is 17.6. The zero-order valence-corrected chi connectivity index (χ0v) is 11.4. The van der Waals surface area contributed by atoms with E-state index in [2.05, 4.69) is 5.43 Å².